The Morgan fingerprint density at radius 1 is 1.47 bits per heavy atom. The molecule has 3 N–H and O–H groups in total. The van der Waals surface area contributed by atoms with Gasteiger partial charge in [-0.25, -0.2) is 0 Å². The van der Waals surface area contributed by atoms with Crippen molar-refractivity contribution in [1.82, 2.24) is 5.32 Å². The molecule has 0 radical (unpaired) electrons. The number of hydrogen-bond donors (Lipinski definition) is 2. The minimum Gasteiger partial charge on any atom is -0.399 e. The minimum atomic E-state index is -0.376. The van der Waals surface area contributed by atoms with Gasteiger partial charge in [-0.3, -0.25) is 4.79 Å². The van der Waals surface area contributed by atoms with Crippen molar-refractivity contribution in [3.05, 3.63) is 29.8 Å². The van der Waals surface area contributed by atoms with E-state index < -0.39 is 0 Å². The molecule has 17 heavy (non-hydrogen) atoms. The van der Waals surface area contributed by atoms with E-state index in [1.807, 2.05) is 24.3 Å². The summed E-state index contributed by atoms with van der Waals surface area (Å²) >= 11 is 0. The van der Waals surface area contributed by atoms with Crippen LogP contribution in [0, 0.1) is 12.3 Å². The lowest BCUT2D eigenvalue weighted by atomic mass is 9.94. The Balaban J connectivity index is 2.17. The largest absolute Gasteiger partial charge is 0.399 e. The van der Waals surface area contributed by atoms with Gasteiger partial charge >= 0.3 is 0 Å². The molecule has 1 unspecified atom stereocenters. The molecule has 1 fully saturated rings. The zero-order valence-corrected chi connectivity index (χ0v) is 9.86. The van der Waals surface area contributed by atoms with Crippen LogP contribution in [0.4, 0.5) is 5.69 Å². The number of carbonyl (C=O) groups excluding carboxylic acids is 1. The molecule has 1 saturated carbocycles. The highest BCUT2D eigenvalue weighted by Gasteiger charge is 2.51. The lowest BCUT2D eigenvalue weighted by Crippen LogP contribution is -2.39. The summed E-state index contributed by atoms with van der Waals surface area (Å²) in [5.74, 6) is 2.53. The normalized spacial score (nSPS) is 17.9. The van der Waals surface area contributed by atoms with Crippen LogP contribution < -0.4 is 11.1 Å². The smallest absolute Gasteiger partial charge is 0.231 e. The summed E-state index contributed by atoms with van der Waals surface area (Å²) in [4.78, 5) is 12.1. The van der Waals surface area contributed by atoms with Crippen molar-refractivity contribution in [3.8, 4) is 12.3 Å². The number of nitrogens with one attached hydrogen (secondary N) is 1. The second kappa shape index (κ2) is 4.14. The van der Waals surface area contributed by atoms with E-state index in [1.54, 1.807) is 6.92 Å². The van der Waals surface area contributed by atoms with Crippen molar-refractivity contribution in [2.75, 3.05) is 5.73 Å². The van der Waals surface area contributed by atoms with Gasteiger partial charge in [0.2, 0.25) is 5.91 Å². The molecular formula is C14H16N2O. The highest BCUT2D eigenvalue weighted by atomic mass is 16.2. The Morgan fingerprint density at radius 2 is 2.06 bits per heavy atom. The molecule has 0 aliphatic heterocycles. The predicted octanol–water partition coefficient (Wildman–Crippen LogP) is 1.44. The van der Waals surface area contributed by atoms with Gasteiger partial charge in [-0.1, -0.05) is 18.1 Å². The zero-order valence-electron chi connectivity index (χ0n) is 9.86. The molecule has 1 aromatic rings. The van der Waals surface area contributed by atoms with Gasteiger partial charge in [0.25, 0.3) is 0 Å². The average molecular weight is 228 g/mol. The number of benzene rings is 1. The quantitative estimate of drug-likeness (QED) is 0.607. The molecule has 1 aliphatic rings. The molecule has 3 nitrogen and oxygen atoms in total. The summed E-state index contributed by atoms with van der Waals surface area (Å²) in [5, 5.41) is 2.84. The number of nitrogens with two attached hydrogens (primary N) is 1. The SMILES string of the molecule is C#CC(C)NC(=O)C1(c2ccc(N)cc2)CC1. The van der Waals surface area contributed by atoms with Gasteiger partial charge in [0.15, 0.2) is 0 Å². The Kier molecular flexibility index (Phi) is 2.81. The standard InChI is InChI=1S/C14H16N2O/c1-3-10(2)16-13(17)14(8-9-14)11-4-6-12(15)7-5-11/h1,4-7,10H,8-9,15H2,2H3,(H,16,17). The van der Waals surface area contributed by atoms with Crippen molar-refractivity contribution in [3.63, 3.8) is 0 Å². The molecule has 1 aromatic carbocycles. The molecule has 0 spiro atoms. The Hall–Kier alpha value is -1.95. The summed E-state index contributed by atoms with van der Waals surface area (Å²) in [5.41, 5.74) is 7.00. The van der Waals surface area contributed by atoms with Crippen molar-refractivity contribution in [2.24, 2.45) is 0 Å². The fourth-order valence-electron chi connectivity index (χ4n) is 1.95. The van der Waals surface area contributed by atoms with E-state index in [1.165, 1.54) is 0 Å². The Bertz CT molecular complexity index is 466. The number of nitrogen functional groups attached to an aromatic ring is 1. The molecule has 1 amide bonds. The van der Waals surface area contributed by atoms with Crippen LogP contribution in [-0.2, 0) is 10.2 Å². The first-order valence-electron chi connectivity index (χ1n) is 5.71. The molecule has 3 heteroatoms. The van der Waals surface area contributed by atoms with Gasteiger partial charge in [0.05, 0.1) is 11.5 Å². The third-order valence-electron chi connectivity index (χ3n) is 3.25. The van der Waals surface area contributed by atoms with Gasteiger partial charge in [0, 0.05) is 5.69 Å². The number of rotatable bonds is 3. The van der Waals surface area contributed by atoms with Crippen molar-refractivity contribution < 1.29 is 4.79 Å². The maximum absolute atomic E-state index is 12.1. The van der Waals surface area contributed by atoms with E-state index in [2.05, 4.69) is 11.2 Å². The van der Waals surface area contributed by atoms with E-state index >= 15 is 0 Å². The maximum Gasteiger partial charge on any atom is 0.231 e. The predicted molar refractivity (Wildman–Crippen MR) is 68.2 cm³/mol. The maximum atomic E-state index is 12.1. The fourth-order valence-corrected chi connectivity index (χ4v) is 1.95. The zero-order chi connectivity index (χ0) is 12.5. The van der Waals surface area contributed by atoms with Crippen LogP contribution in [0.2, 0.25) is 0 Å². The molecule has 0 saturated heterocycles. The van der Waals surface area contributed by atoms with E-state index in [-0.39, 0.29) is 17.4 Å². The van der Waals surface area contributed by atoms with Crippen LogP contribution >= 0.6 is 0 Å². The number of amides is 1. The molecule has 1 atom stereocenters. The highest BCUT2D eigenvalue weighted by molar-refractivity contribution is 5.91. The number of anilines is 1. The van der Waals surface area contributed by atoms with Crippen LogP contribution in [0.25, 0.3) is 0 Å². The van der Waals surface area contributed by atoms with Crippen LogP contribution in [0.1, 0.15) is 25.3 Å². The van der Waals surface area contributed by atoms with Crippen LogP contribution in [-0.4, -0.2) is 11.9 Å². The molecule has 0 heterocycles. The second-order valence-corrected chi connectivity index (χ2v) is 4.57. The van der Waals surface area contributed by atoms with Crippen LogP contribution in [0.3, 0.4) is 0 Å². The van der Waals surface area contributed by atoms with Gasteiger partial charge in [-0.2, -0.15) is 0 Å². The van der Waals surface area contributed by atoms with Gasteiger partial charge < -0.3 is 11.1 Å². The molecule has 0 aromatic heterocycles. The lowest BCUT2D eigenvalue weighted by Gasteiger charge is -2.17. The second-order valence-electron chi connectivity index (χ2n) is 4.57. The third kappa shape index (κ3) is 2.12. The Morgan fingerprint density at radius 3 is 2.53 bits per heavy atom. The van der Waals surface area contributed by atoms with E-state index in [4.69, 9.17) is 12.2 Å². The summed E-state index contributed by atoms with van der Waals surface area (Å²) in [6.07, 6.45) is 7.01. The van der Waals surface area contributed by atoms with E-state index in [9.17, 15) is 4.79 Å². The third-order valence-corrected chi connectivity index (χ3v) is 3.25. The summed E-state index contributed by atoms with van der Waals surface area (Å²) < 4.78 is 0. The average Bonchev–Trinajstić information content (AvgIpc) is 3.11. The van der Waals surface area contributed by atoms with Gasteiger partial charge in [0.1, 0.15) is 0 Å². The first-order valence-corrected chi connectivity index (χ1v) is 5.71. The van der Waals surface area contributed by atoms with E-state index in [0.717, 1.165) is 18.4 Å². The highest BCUT2D eigenvalue weighted by Crippen LogP contribution is 2.48. The molecule has 1 aliphatic carbocycles. The summed E-state index contributed by atoms with van der Waals surface area (Å²) in [7, 11) is 0. The van der Waals surface area contributed by atoms with Gasteiger partial charge in [-0.15, -0.1) is 6.42 Å². The fraction of sp³-hybridized carbons (Fsp3) is 0.357. The topological polar surface area (TPSA) is 55.1 Å². The minimum absolute atomic E-state index is 0.0210. The van der Waals surface area contributed by atoms with E-state index in [0.29, 0.717) is 5.69 Å². The van der Waals surface area contributed by atoms with Crippen molar-refractivity contribution in [2.45, 2.75) is 31.2 Å². The Labute approximate surface area is 101 Å². The summed E-state index contributed by atoms with van der Waals surface area (Å²) in [6.45, 7) is 1.80. The monoisotopic (exact) mass is 228 g/mol. The number of terminal acetylenes is 1. The molecule has 88 valence electrons. The van der Waals surface area contributed by atoms with Crippen molar-refractivity contribution >= 4 is 11.6 Å². The molecule has 0 bridgehead atoms. The van der Waals surface area contributed by atoms with Crippen molar-refractivity contribution in [1.29, 1.82) is 0 Å². The first kappa shape index (κ1) is 11.5. The summed E-state index contributed by atoms with van der Waals surface area (Å²) in [6, 6.07) is 7.26. The lowest BCUT2D eigenvalue weighted by molar-refractivity contribution is -0.123. The molecular weight excluding hydrogens is 212 g/mol. The number of hydrogen-bond acceptors (Lipinski definition) is 2. The molecule has 2 rings (SSSR count). The van der Waals surface area contributed by atoms with Crippen LogP contribution in [0.15, 0.2) is 24.3 Å². The van der Waals surface area contributed by atoms with Crippen LogP contribution in [0.5, 0.6) is 0 Å². The first-order chi connectivity index (χ1) is 8.08. The van der Waals surface area contributed by atoms with Gasteiger partial charge in [-0.05, 0) is 37.5 Å². The number of carbonyl (C=O) groups is 1.